The maximum absolute atomic E-state index is 11.4. The molecule has 1 aliphatic heterocycles. The highest BCUT2D eigenvalue weighted by Gasteiger charge is 2.18. The summed E-state index contributed by atoms with van der Waals surface area (Å²) in [6, 6.07) is 4.03. The molecule has 0 atom stereocenters. The van der Waals surface area contributed by atoms with Crippen LogP contribution in [-0.4, -0.2) is 26.9 Å². The third kappa shape index (κ3) is 3.05. The Morgan fingerprint density at radius 2 is 1.45 bits per heavy atom. The molecule has 0 saturated heterocycles. The van der Waals surface area contributed by atoms with Gasteiger partial charge in [0, 0.05) is 22.7 Å². The zero-order chi connectivity index (χ0) is 15.7. The number of benzene rings is 1. The molecule has 0 aliphatic carbocycles. The predicted molar refractivity (Wildman–Crippen MR) is 75.7 cm³/mol. The van der Waals surface area contributed by atoms with Gasteiger partial charge in [0.1, 0.15) is 0 Å². The molecule has 1 aromatic heterocycles. The van der Waals surface area contributed by atoms with Crippen molar-refractivity contribution in [2.75, 3.05) is 0 Å². The van der Waals surface area contributed by atoms with Crippen molar-refractivity contribution < 1.29 is 19.1 Å². The minimum absolute atomic E-state index is 0.0509. The van der Waals surface area contributed by atoms with Crippen LogP contribution in [0.1, 0.15) is 0 Å². The average molecular weight is 338 g/mol. The molecule has 0 N–H and O–H groups in total. The maximum atomic E-state index is 11.4. The summed E-state index contributed by atoms with van der Waals surface area (Å²) >= 11 is 12.0. The van der Waals surface area contributed by atoms with E-state index in [4.69, 9.17) is 32.7 Å². The SMILES string of the molecule is O=C1/C=C\C(=O)Oc2nc(nc(-c3cc(Cl)ccc3Cl)n2)O1. The van der Waals surface area contributed by atoms with Gasteiger partial charge in [-0.25, -0.2) is 9.59 Å². The normalized spacial score (nSPS) is 15.2. The quantitative estimate of drug-likeness (QED) is 0.736. The molecule has 0 saturated carbocycles. The Bertz CT molecular complexity index is 785. The molecule has 0 unspecified atom stereocenters. The Morgan fingerprint density at radius 3 is 2.05 bits per heavy atom. The fraction of sp³-hybridized carbons (Fsp3) is 0. The minimum Gasteiger partial charge on any atom is -0.387 e. The van der Waals surface area contributed by atoms with Gasteiger partial charge in [0.05, 0.1) is 5.02 Å². The predicted octanol–water partition coefficient (Wildman–Crippen LogP) is 2.23. The van der Waals surface area contributed by atoms with Crippen molar-refractivity contribution in [2.24, 2.45) is 0 Å². The number of esters is 2. The van der Waals surface area contributed by atoms with Gasteiger partial charge in [-0.1, -0.05) is 23.2 Å². The largest absolute Gasteiger partial charge is 0.387 e. The van der Waals surface area contributed by atoms with Gasteiger partial charge in [-0.3, -0.25) is 0 Å². The van der Waals surface area contributed by atoms with Crippen LogP contribution >= 0.6 is 23.2 Å². The molecule has 22 heavy (non-hydrogen) atoms. The first-order valence-corrected chi connectivity index (χ1v) is 6.60. The van der Waals surface area contributed by atoms with Gasteiger partial charge in [0.15, 0.2) is 5.82 Å². The van der Waals surface area contributed by atoms with E-state index in [1.54, 1.807) is 12.1 Å². The summed E-state index contributed by atoms with van der Waals surface area (Å²) in [5.41, 5.74) is 0.373. The van der Waals surface area contributed by atoms with E-state index in [1.165, 1.54) is 6.07 Å². The first kappa shape index (κ1) is 14.4. The molecule has 2 heterocycles. The van der Waals surface area contributed by atoms with Crippen LogP contribution in [0.4, 0.5) is 0 Å². The van der Waals surface area contributed by atoms with Crippen LogP contribution in [0.15, 0.2) is 30.4 Å². The number of rotatable bonds is 1. The van der Waals surface area contributed by atoms with E-state index in [1.807, 2.05) is 0 Å². The van der Waals surface area contributed by atoms with Crippen molar-refractivity contribution in [3.8, 4) is 23.4 Å². The molecule has 1 aromatic carbocycles. The van der Waals surface area contributed by atoms with Crippen LogP contribution in [-0.2, 0) is 9.59 Å². The number of carbonyl (C=O) groups is 2. The Labute approximate surface area is 133 Å². The molecule has 7 nitrogen and oxygen atoms in total. The highest BCUT2D eigenvalue weighted by Crippen LogP contribution is 2.30. The molecular formula is C13H5Cl2N3O4. The fourth-order valence-corrected chi connectivity index (χ4v) is 1.98. The molecule has 0 fully saturated rings. The van der Waals surface area contributed by atoms with Gasteiger partial charge in [-0.15, -0.1) is 4.98 Å². The highest BCUT2D eigenvalue weighted by molar-refractivity contribution is 6.35. The van der Waals surface area contributed by atoms with Crippen molar-refractivity contribution in [3.05, 3.63) is 40.4 Å². The lowest BCUT2D eigenvalue weighted by Gasteiger charge is -2.06. The van der Waals surface area contributed by atoms with Crippen LogP contribution in [0.2, 0.25) is 10.0 Å². The van der Waals surface area contributed by atoms with E-state index >= 15 is 0 Å². The summed E-state index contributed by atoms with van der Waals surface area (Å²) in [5, 5.41) is 0.723. The third-order valence-electron chi connectivity index (χ3n) is 2.50. The topological polar surface area (TPSA) is 91.3 Å². The lowest BCUT2D eigenvalue weighted by Crippen LogP contribution is -2.08. The Hall–Kier alpha value is -2.51. The molecule has 9 heteroatoms. The minimum atomic E-state index is -0.820. The number of hydrogen-bond acceptors (Lipinski definition) is 7. The van der Waals surface area contributed by atoms with Crippen LogP contribution in [0, 0.1) is 0 Å². The molecule has 2 bridgehead atoms. The smallest absolute Gasteiger partial charge is 0.338 e. The monoisotopic (exact) mass is 337 g/mol. The van der Waals surface area contributed by atoms with Crippen LogP contribution < -0.4 is 9.47 Å². The lowest BCUT2D eigenvalue weighted by molar-refractivity contribution is -0.131. The van der Waals surface area contributed by atoms with Crippen LogP contribution in [0.25, 0.3) is 11.4 Å². The van der Waals surface area contributed by atoms with Gasteiger partial charge >= 0.3 is 24.0 Å². The molecule has 3 rings (SSSR count). The summed E-state index contributed by atoms with van der Waals surface area (Å²) < 4.78 is 9.72. The zero-order valence-electron chi connectivity index (χ0n) is 10.6. The third-order valence-corrected chi connectivity index (χ3v) is 3.07. The second kappa shape index (κ2) is 5.70. The number of hydrogen-bond donors (Lipinski definition) is 0. The summed E-state index contributed by atoms with van der Waals surface area (Å²) in [7, 11) is 0. The summed E-state index contributed by atoms with van der Waals surface area (Å²) in [6.45, 7) is 0. The summed E-state index contributed by atoms with van der Waals surface area (Å²) in [6.07, 6.45) is 1.79. The standard InChI is InChI=1S/C13H5Cl2N3O4/c14-6-1-2-8(15)7(5-6)11-16-12-18-13(17-11)22-10(20)4-3-9(19)21-12/h1-5H/b4-3-. The van der Waals surface area contributed by atoms with E-state index in [-0.39, 0.29) is 17.8 Å². The zero-order valence-corrected chi connectivity index (χ0v) is 12.1. The van der Waals surface area contributed by atoms with Gasteiger partial charge in [0.25, 0.3) is 0 Å². The van der Waals surface area contributed by atoms with Crippen molar-refractivity contribution in [2.45, 2.75) is 0 Å². The Morgan fingerprint density at radius 1 is 0.864 bits per heavy atom. The number of aromatic nitrogens is 3. The number of carbonyl (C=O) groups excluding carboxylic acids is 2. The Kier molecular flexibility index (Phi) is 3.74. The second-order valence-corrected chi connectivity index (χ2v) is 4.87. The summed E-state index contributed by atoms with van der Waals surface area (Å²) in [4.78, 5) is 34.5. The van der Waals surface area contributed by atoms with Crippen molar-refractivity contribution in [1.29, 1.82) is 0 Å². The van der Waals surface area contributed by atoms with Gasteiger partial charge in [0.2, 0.25) is 0 Å². The van der Waals surface area contributed by atoms with E-state index in [2.05, 4.69) is 15.0 Å². The number of nitrogens with zero attached hydrogens (tertiary/aromatic N) is 3. The molecule has 1 aliphatic rings. The van der Waals surface area contributed by atoms with Gasteiger partial charge < -0.3 is 9.47 Å². The van der Waals surface area contributed by atoms with Gasteiger partial charge in [-0.05, 0) is 18.2 Å². The van der Waals surface area contributed by atoms with E-state index in [9.17, 15) is 9.59 Å². The number of ether oxygens (including phenoxy) is 2. The fourth-order valence-electron chi connectivity index (χ4n) is 1.60. The average Bonchev–Trinajstić information content (AvgIpc) is 2.51. The number of fused-ring (bicyclic) bond motifs is 2. The van der Waals surface area contributed by atoms with E-state index in [0.29, 0.717) is 15.6 Å². The first-order valence-electron chi connectivity index (χ1n) is 5.84. The van der Waals surface area contributed by atoms with Crippen molar-refractivity contribution >= 4 is 35.1 Å². The molecule has 0 radical (unpaired) electrons. The molecule has 0 spiro atoms. The van der Waals surface area contributed by atoms with Crippen molar-refractivity contribution in [1.82, 2.24) is 15.0 Å². The van der Waals surface area contributed by atoms with Gasteiger partial charge in [-0.2, -0.15) is 9.97 Å². The van der Waals surface area contributed by atoms with E-state index < -0.39 is 11.9 Å². The molecule has 2 aromatic rings. The van der Waals surface area contributed by atoms with Crippen LogP contribution in [0.5, 0.6) is 12.0 Å². The molecular weight excluding hydrogens is 333 g/mol. The number of halogens is 2. The maximum Gasteiger partial charge on any atom is 0.338 e. The van der Waals surface area contributed by atoms with E-state index in [0.717, 1.165) is 12.2 Å². The van der Waals surface area contributed by atoms with Crippen LogP contribution in [0.3, 0.4) is 0 Å². The Balaban J connectivity index is 2.14. The second-order valence-electron chi connectivity index (χ2n) is 4.02. The summed E-state index contributed by atoms with van der Waals surface area (Å²) in [5.74, 6) is -1.59. The molecule has 0 amide bonds. The van der Waals surface area contributed by atoms with Crippen molar-refractivity contribution in [3.63, 3.8) is 0 Å². The first-order chi connectivity index (χ1) is 10.5. The highest BCUT2D eigenvalue weighted by atomic mass is 35.5. The molecule has 110 valence electrons. The lowest BCUT2D eigenvalue weighted by atomic mass is 10.2.